The van der Waals surface area contributed by atoms with Crippen LogP contribution in [0.2, 0.25) is 5.02 Å². The molecule has 2 aromatic rings. The Labute approximate surface area is 153 Å². The molecule has 0 heterocycles. The van der Waals surface area contributed by atoms with Gasteiger partial charge in [-0.3, -0.25) is 4.79 Å². The summed E-state index contributed by atoms with van der Waals surface area (Å²) in [4.78, 5) is 12.0. The van der Waals surface area contributed by atoms with Crippen LogP contribution < -0.4 is 10.2 Å². The van der Waals surface area contributed by atoms with E-state index in [0.717, 1.165) is 35.2 Å². The molecule has 132 valence electrons. The van der Waals surface area contributed by atoms with E-state index in [1.165, 1.54) is 0 Å². The zero-order valence-electron chi connectivity index (χ0n) is 14.8. The average molecular weight is 359 g/mol. The Hall–Kier alpha value is -2.33. The van der Waals surface area contributed by atoms with Gasteiger partial charge in [0.15, 0.2) is 6.61 Å². The molecule has 0 radical (unpaired) electrons. The minimum Gasteiger partial charge on any atom is -0.484 e. The monoisotopic (exact) mass is 358 g/mol. The minimum atomic E-state index is -0.296. The topological polar surface area (TPSA) is 50.7 Å². The summed E-state index contributed by atoms with van der Waals surface area (Å²) < 4.78 is 5.54. The van der Waals surface area contributed by atoms with Crippen molar-refractivity contribution in [2.75, 3.05) is 6.61 Å². The van der Waals surface area contributed by atoms with Crippen molar-refractivity contribution in [3.63, 3.8) is 0 Å². The smallest absolute Gasteiger partial charge is 0.277 e. The fourth-order valence-corrected chi connectivity index (χ4v) is 2.54. The van der Waals surface area contributed by atoms with Gasteiger partial charge < -0.3 is 4.74 Å². The lowest BCUT2D eigenvalue weighted by molar-refractivity contribution is -0.123. The first-order valence-corrected chi connectivity index (χ1v) is 8.69. The molecule has 0 bridgehead atoms. The van der Waals surface area contributed by atoms with Gasteiger partial charge in [-0.05, 0) is 49.1 Å². The van der Waals surface area contributed by atoms with Crippen LogP contribution in [0.5, 0.6) is 5.75 Å². The predicted octanol–water partition coefficient (Wildman–Crippen LogP) is 4.66. The van der Waals surface area contributed by atoms with Crippen molar-refractivity contribution in [3.8, 4) is 5.75 Å². The number of ether oxygens (including phenoxy) is 1. The Balaban J connectivity index is 1.97. The summed E-state index contributed by atoms with van der Waals surface area (Å²) in [5, 5.41) is 4.98. The highest BCUT2D eigenvalue weighted by Gasteiger charge is 2.07. The first-order valence-electron chi connectivity index (χ1n) is 8.31. The second-order valence-corrected chi connectivity index (χ2v) is 6.25. The molecule has 1 amide bonds. The summed E-state index contributed by atoms with van der Waals surface area (Å²) in [6, 6.07) is 13.5. The summed E-state index contributed by atoms with van der Waals surface area (Å²) >= 11 is 6.13. The van der Waals surface area contributed by atoms with Gasteiger partial charge in [-0.15, -0.1) is 0 Å². The van der Waals surface area contributed by atoms with Crippen LogP contribution in [0, 0.1) is 13.8 Å². The van der Waals surface area contributed by atoms with Crippen molar-refractivity contribution in [3.05, 3.63) is 64.2 Å². The Morgan fingerprint density at radius 1 is 1.16 bits per heavy atom. The third kappa shape index (κ3) is 5.61. The largest absolute Gasteiger partial charge is 0.484 e. The summed E-state index contributed by atoms with van der Waals surface area (Å²) in [6.45, 7) is 5.79. The number of benzene rings is 2. The average Bonchev–Trinajstić information content (AvgIpc) is 2.62. The van der Waals surface area contributed by atoms with Gasteiger partial charge in [-0.1, -0.05) is 55.3 Å². The number of hydrazone groups is 1. The zero-order chi connectivity index (χ0) is 18.2. The van der Waals surface area contributed by atoms with Crippen LogP contribution in [0.1, 0.15) is 36.5 Å². The molecule has 2 aromatic carbocycles. The highest BCUT2D eigenvalue weighted by atomic mass is 35.5. The van der Waals surface area contributed by atoms with Crippen LogP contribution >= 0.6 is 11.6 Å². The van der Waals surface area contributed by atoms with Gasteiger partial charge in [0, 0.05) is 5.02 Å². The summed E-state index contributed by atoms with van der Waals surface area (Å²) in [6.07, 6.45) is 1.74. The number of nitrogens with one attached hydrogen (secondary N) is 1. The molecule has 1 N–H and O–H groups in total. The van der Waals surface area contributed by atoms with Crippen molar-refractivity contribution in [1.82, 2.24) is 5.43 Å². The lowest BCUT2D eigenvalue weighted by Gasteiger charge is -2.10. The standard InChI is InChI=1S/C20H23ClN2O2/c1-4-8-18(16-9-6-5-7-10-16)22-23-19(24)13-25-17-11-14(2)20(21)15(3)12-17/h5-7,9-12H,4,8,13H2,1-3H3,(H,23,24). The van der Waals surface area contributed by atoms with Gasteiger partial charge >= 0.3 is 0 Å². The molecule has 0 atom stereocenters. The Kier molecular flexibility index (Phi) is 7.02. The number of aryl methyl sites for hydroxylation is 2. The third-order valence-electron chi connectivity index (χ3n) is 3.69. The summed E-state index contributed by atoms with van der Waals surface area (Å²) in [5.41, 5.74) is 6.28. The molecule has 0 saturated heterocycles. The summed E-state index contributed by atoms with van der Waals surface area (Å²) in [7, 11) is 0. The minimum absolute atomic E-state index is 0.0990. The Morgan fingerprint density at radius 2 is 1.80 bits per heavy atom. The van der Waals surface area contributed by atoms with Crippen LogP contribution in [0.25, 0.3) is 0 Å². The molecule has 0 fully saturated rings. The normalized spacial score (nSPS) is 11.3. The van der Waals surface area contributed by atoms with E-state index in [1.807, 2.05) is 56.3 Å². The number of rotatable bonds is 7. The van der Waals surface area contributed by atoms with Crippen molar-refractivity contribution in [1.29, 1.82) is 0 Å². The van der Waals surface area contributed by atoms with E-state index >= 15 is 0 Å². The lowest BCUT2D eigenvalue weighted by Crippen LogP contribution is -2.26. The van der Waals surface area contributed by atoms with Crippen LogP contribution in [0.15, 0.2) is 47.6 Å². The maximum Gasteiger partial charge on any atom is 0.277 e. The number of nitrogens with zero attached hydrogens (tertiary/aromatic N) is 1. The van der Waals surface area contributed by atoms with Crippen LogP contribution in [-0.4, -0.2) is 18.2 Å². The van der Waals surface area contributed by atoms with E-state index in [-0.39, 0.29) is 12.5 Å². The molecule has 0 unspecified atom stereocenters. The fourth-order valence-electron chi connectivity index (χ4n) is 2.43. The molecule has 5 heteroatoms. The van der Waals surface area contributed by atoms with Crippen molar-refractivity contribution >= 4 is 23.2 Å². The highest BCUT2D eigenvalue weighted by molar-refractivity contribution is 6.32. The number of carbonyl (C=O) groups is 1. The number of amides is 1. The molecule has 25 heavy (non-hydrogen) atoms. The Bertz CT molecular complexity index is 735. The molecule has 0 saturated carbocycles. The van der Waals surface area contributed by atoms with E-state index in [0.29, 0.717) is 10.8 Å². The van der Waals surface area contributed by atoms with E-state index < -0.39 is 0 Å². The lowest BCUT2D eigenvalue weighted by atomic mass is 10.1. The van der Waals surface area contributed by atoms with Gasteiger partial charge in [-0.25, -0.2) is 5.43 Å². The predicted molar refractivity (Wildman–Crippen MR) is 102 cm³/mol. The molecule has 0 spiro atoms. The first-order chi connectivity index (χ1) is 12.0. The van der Waals surface area contributed by atoms with Gasteiger partial charge in [-0.2, -0.15) is 5.10 Å². The highest BCUT2D eigenvalue weighted by Crippen LogP contribution is 2.25. The molecular weight excluding hydrogens is 336 g/mol. The molecule has 0 aromatic heterocycles. The molecule has 4 nitrogen and oxygen atoms in total. The molecule has 2 rings (SSSR count). The summed E-state index contributed by atoms with van der Waals surface area (Å²) in [5.74, 6) is 0.324. The maximum atomic E-state index is 12.0. The number of hydrogen-bond donors (Lipinski definition) is 1. The SMILES string of the molecule is CCCC(=NNC(=O)COc1cc(C)c(Cl)c(C)c1)c1ccccc1. The molecule has 0 aliphatic carbocycles. The molecular formula is C20H23ClN2O2. The van der Waals surface area contributed by atoms with Crippen LogP contribution in [0.4, 0.5) is 0 Å². The van der Waals surface area contributed by atoms with E-state index in [9.17, 15) is 4.79 Å². The first kappa shape index (κ1) is 19.0. The van der Waals surface area contributed by atoms with Crippen molar-refractivity contribution in [2.24, 2.45) is 5.10 Å². The number of hydrogen-bond acceptors (Lipinski definition) is 3. The van der Waals surface area contributed by atoms with Gasteiger partial charge in [0.2, 0.25) is 0 Å². The van der Waals surface area contributed by atoms with E-state index in [2.05, 4.69) is 17.5 Å². The number of halogens is 1. The fraction of sp³-hybridized carbons (Fsp3) is 0.300. The van der Waals surface area contributed by atoms with Gasteiger partial charge in [0.1, 0.15) is 5.75 Å². The zero-order valence-corrected chi connectivity index (χ0v) is 15.6. The third-order valence-corrected chi connectivity index (χ3v) is 4.29. The molecule has 0 aliphatic rings. The maximum absolute atomic E-state index is 12.0. The van der Waals surface area contributed by atoms with Crippen molar-refractivity contribution < 1.29 is 9.53 Å². The van der Waals surface area contributed by atoms with Crippen LogP contribution in [0.3, 0.4) is 0 Å². The number of carbonyl (C=O) groups excluding carboxylic acids is 1. The van der Waals surface area contributed by atoms with E-state index in [4.69, 9.17) is 16.3 Å². The quantitative estimate of drug-likeness (QED) is 0.578. The molecule has 0 aliphatic heterocycles. The second kappa shape index (κ2) is 9.23. The van der Waals surface area contributed by atoms with E-state index in [1.54, 1.807) is 0 Å². The van der Waals surface area contributed by atoms with Gasteiger partial charge in [0.05, 0.1) is 5.71 Å². The van der Waals surface area contributed by atoms with Crippen molar-refractivity contribution in [2.45, 2.75) is 33.6 Å². The van der Waals surface area contributed by atoms with Crippen LogP contribution in [-0.2, 0) is 4.79 Å². The van der Waals surface area contributed by atoms with Gasteiger partial charge in [0.25, 0.3) is 5.91 Å². The second-order valence-electron chi connectivity index (χ2n) is 5.87. The Morgan fingerprint density at radius 3 is 2.40 bits per heavy atom.